The molecular formula is C23H24ClN3O6. The van der Waals surface area contributed by atoms with E-state index in [2.05, 4.69) is 5.43 Å². The molecule has 3 rings (SSSR count). The molecule has 1 aliphatic rings. The van der Waals surface area contributed by atoms with Gasteiger partial charge in [-0.3, -0.25) is 24.6 Å². The number of halogens is 1. The molecule has 33 heavy (non-hydrogen) atoms. The summed E-state index contributed by atoms with van der Waals surface area (Å²) in [4.78, 5) is 52.9. The van der Waals surface area contributed by atoms with E-state index in [9.17, 15) is 19.2 Å². The van der Waals surface area contributed by atoms with Crippen LogP contribution in [0.4, 0.5) is 5.69 Å². The standard InChI is InChI=1S/C23H24ClN3O6/c1-13(2)22(30)27(25-21(29)17-7-5-6-8-18(17)24)19-12-20(28)26(23(19)31)14-9-15(32-3)11-16(10-14)33-4/h5-11,13,19H,12H2,1-4H3,(H,25,29). The predicted molar refractivity (Wildman–Crippen MR) is 121 cm³/mol. The smallest absolute Gasteiger partial charge is 0.271 e. The van der Waals surface area contributed by atoms with Crippen LogP contribution in [0.3, 0.4) is 0 Å². The average Bonchev–Trinajstić information content (AvgIpc) is 3.10. The molecule has 0 bridgehead atoms. The Balaban J connectivity index is 1.95. The number of ether oxygens (including phenoxy) is 2. The molecule has 0 aliphatic carbocycles. The SMILES string of the molecule is COc1cc(OC)cc(N2C(=O)CC(N(NC(=O)c3ccccc3Cl)C(=O)C(C)C)C2=O)c1. The maximum absolute atomic E-state index is 13.3. The third kappa shape index (κ3) is 4.93. The normalized spacial score (nSPS) is 15.6. The summed E-state index contributed by atoms with van der Waals surface area (Å²) >= 11 is 6.10. The first kappa shape index (κ1) is 24.1. The Hall–Kier alpha value is -3.59. The van der Waals surface area contributed by atoms with Crippen molar-refractivity contribution >= 4 is 40.9 Å². The first-order valence-electron chi connectivity index (χ1n) is 10.2. The fraction of sp³-hybridized carbons (Fsp3) is 0.304. The summed E-state index contributed by atoms with van der Waals surface area (Å²) < 4.78 is 10.4. The first-order chi connectivity index (χ1) is 15.7. The third-order valence-electron chi connectivity index (χ3n) is 5.10. The van der Waals surface area contributed by atoms with Crippen molar-refractivity contribution in [2.45, 2.75) is 26.3 Å². The Morgan fingerprint density at radius 1 is 1.09 bits per heavy atom. The van der Waals surface area contributed by atoms with Crippen LogP contribution in [-0.2, 0) is 14.4 Å². The average molecular weight is 474 g/mol. The Morgan fingerprint density at radius 3 is 2.24 bits per heavy atom. The van der Waals surface area contributed by atoms with Crippen LogP contribution in [-0.4, -0.2) is 48.9 Å². The van der Waals surface area contributed by atoms with Gasteiger partial charge in [-0.15, -0.1) is 0 Å². The van der Waals surface area contributed by atoms with Crippen molar-refractivity contribution in [2.24, 2.45) is 5.92 Å². The van der Waals surface area contributed by atoms with Crippen LogP contribution >= 0.6 is 11.6 Å². The Morgan fingerprint density at radius 2 is 1.70 bits per heavy atom. The molecule has 0 radical (unpaired) electrons. The van der Waals surface area contributed by atoms with E-state index in [0.717, 1.165) is 9.91 Å². The number of hydrogen-bond acceptors (Lipinski definition) is 6. The molecule has 4 amide bonds. The molecule has 1 fully saturated rings. The number of benzene rings is 2. The van der Waals surface area contributed by atoms with Gasteiger partial charge in [-0.25, -0.2) is 9.91 Å². The minimum Gasteiger partial charge on any atom is -0.497 e. The van der Waals surface area contributed by atoms with E-state index in [1.54, 1.807) is 32.0 Å². The third-order valence-corrected chi connectivity index (χ3v) is 5.43. The van der Waals surface area contributed by atoms with E-state index >= 15 is 0 Å². The quantitative estimate of drug-likeness (QED) is 0.511. The number of hydrazine groups is 1. The summed E-state index contributed by atoms with van der Waals surface area (Å²) in [5, 5.41) is 1.11. The highest BCUT2D eigenvalue weighted by atomic mass is 35.5. The van der Waals surface area contributed by atoms with E-state index in [-0.39, 0.29) is 22.7 Å². The molecule has 1 heterocycles. The second-order valence-corrected chi connectivity index (χ2v) is 8.05. The molecule has 1 aliphatic heterocycles. The summed E-state index contributed by atoms with van der Waals surface area (Å²) in [5.74, 6) is -2.17. The molecule has 2 aromatic rings. The Kier molecular flexibility index (Phi) is 7.23. The molecule has 1 unspecified atom stereocenters. The molecule has 1 atom stereocenters. The largest absolute Gasteiger partial charge is 0.497 e. The number of amides is 4. The van der Waals surface area contributed by atoms with E-state index in [4.69, 9.17) is 21.1 Å². The molecule has 9 nitrogen and oxygen atoms in total. The number of carbonyl (C=O) groups excluding carboxylic acids is 4. The van der Waals surface area contributed by atoms with Crippen LogP contribution < -0.4 is 19.8 Å². The van der Waals surface area contributed by atoms with Gasteiger partial charge in [-0.2, -0.15) is 0 Å². The number of methoxy groups -OCH3 is 2. The number of anilines is 1. The van der Waals surface area contributed by atoms with Gasteiger partial charge < -0.3 is 9.47 Å². The van der Waals surface area contributed by atoms with Gasteiger partial charge in [0.2, 0.25) is 11.8 Å². The molecule has 0 aromatic heterocycles. The van der Waals surface area contributed by atoms with Gasteiger partial charge in [0.05, 0.1) is 36.9 Å². The topological polar surface area (TPSA) is 105 Å². The lowest BCUT2D eigenvalue weighted by Gasteiger charge is -2.29. The number of nitrogens with one attached hydrogen (secondary N) is 1. The zero-order valence-electron chi connectivity index (χ0n) is 18.6. The predicted octanol–water partition coefficient (Wildman–Crippen LogP) is 2.82. The van der Waals surface area contributed by atoms with Crippen molar-refractivity contribution < 1.29 is 28.7 Å². The van der Waals surface area contributed by atoms with E-state index in [0.29, 0.717) is 11.5 Å². The summed E-state index contributed by atoms with van der Waals surface area (Å²) in [6, 6.07) is 9.71. The fourth-order valence-corrected chi connectivity index (χ4v) is 3.61. The molecule has 0 saturated carbocycles. The van der Waals surface area contributed by atoms with Crippen molar-refractivity contribution in [3.8, 4) is 11.5 Å². The van der Waals surface area contributed by atoms with Gasteiger partial charge in [0, 0.05) is 24.1 Å². The van der Waals surface area contributed by atoms with Crippen molar-refractivity contribution in [1.29, 1.82) is 0 Å². The lowest BCUT2D eigenvalue weighted by molar-refractivity contribution is -0.143. The van der Waals surface area contributed by atoms with Gasteiger partial charge in [0.25, 0.3) is 11.8 Å². The minimum absolute atomic E-state index is 0.131. The van der Waals surface area contributed by atoms with E-state index in [1.807, 2.05) is 0 Å². The second kappa shape index (κ2) is 9.91. The number of carbonyl (C=O) groups is 4. The highest BCUT2D eigenvalue weighted by molar-refractivity contribution is 6.33. The van der Waals surface area contributed by atoms with Gasteiger partial charge >= 0.3 is 0 Å². The zero-order chi connectivity index (χ0) is 24.3. The molecular weight excluding hydrogens is 450 g/mol. The molecule has 1 N–H and O–H groups in total. The summed E-state index contributed by atoms with van der Waals surface area (Å²) in [6.45, 7) is 3.26. The Bertz CT molecular complexity index is 1080. The molecule has 2 aromatic carbocycles. The van der Waals surface area contributed by atoms with Crippen LogP contribution in [0, 0.1) is 5.92 Å². The molecule has 174 valence electrons. The zero-order valence-corrected chi connectivity index (χ0v) is 19.4. The van der Waals surface area contributed by atoms with Crippen LogP contribution in [0.15, 0.2) is 42.5 Å². The Labute approximate surface area is 196 Å². The summed E-state index contributed by atoms with van der Waals surface area (Å²) in [5.41, 5.74) is 2.84. The van der Waals surface area contributed by atoms with Gasteiger partial charge in [0.15, 0.2) is 0 Å². The number of hydrogen-bond donors (Lipinski definition) is 1. The molecule has 10 heteroatoms. The van der Waals surface area contributed by atoms with Crippen molar-refractivity contribution in [2.75, 3.05) is 19.1 Å². The second-order valence-electron chi connectivity index (χ2n) is 7.64. The van der Waals surface area contributed by atoms with Crippen LogP contribution in [0.1, 0.15) is 30.6 Å². The van der Waals surface area contributed by atoms with Crippen LogP contribution in [0.2, 0.25) is 5.02 Å². The molecule has 0 spiro atoms. The van der Waals surface area contributed by atoms with Crippen LogP contribution in [0.25, 0.3) is 0 Å². The highest BCUT2D eigenvalue weighted by Gasteiger charge is 2.46. The lowest BCUT2D eigenvalue weighted by atomic mass is 10.1. The summed E-state index contributed by atoms with van der Waals surface area (Å²) in [7, 11) is 2.89. The van der Waals surface area contributed by atoms with E-state index in [1.165, 1.54) is 38.5 Å². The fourth-order valence-electron chi connectivity index (χ4n) is 3.39. The summed E-state index contributed by atoms with van der Waals surface area (Å²) in [6.07, 6.45) is -0.306. The molecule has 1 saturated heterocycles. The maximum atomic E-state index is 13.3. The number of imide groups is 1. The first-order valence-corrected chi connectivity index (χ1v) is 10.5. The van der Waals surface area contributed by atoms with E-state index < -0.39 is 35.6 Å². The van der Waals surface area contributed by atoms with Gasteiger partial charge in [-0.1, -0.05) is 37.6 Å². The lowest BCUT2D eigenvalue weighted by Crippen LogP contribution is -2.56. The van der Waals surface area contributed by atoms with Crippen LogP contribution in [0.5, 0.6) is 11.5 Å². The maximum Gasteiger partial charge on any atom is 0.271 e. The van der Waals surface area contributed by atoms with Crippen molar-refractivity contribution in [3.63, 3.8) is 0 Å². The monoisotopic (exact) mass is 473 g/mol. The van der Waals surface area contributed by atoms with Gasteiger partial charge in [-0.05, 0) is 12.1 Å². The number of rotatable bonds is 6. The van der Waals surface area contributed by atoms with Crippen molar-refractivity contribution in [1.82, 2.24) is 10.4 Å². The van der Waals surface area contributed by atoms with Crippen molar-refractivity contribution in [3.05, 3.63) is 53.1 Å². The minimum atomic E-state index is -1.23. The highest BCUT2D eigenvalue weighted by Crippen LogP contribution is 2.32. The number of nitrogens with zero attached hydrogens (tertiary/aromatic N) is 2. The van der Waals surface area contributed by atoms with Gasteiger partial charge in [0.1, 0.15) is 17.5 Å².